The molecule has 7 nitrogen and oxygen atoms in total. The Kier molecular flexibility index (Phi) is 6.81. The Morgan fingerprint density at radius 3 is 2.41 bits per heavy atom. The topological polar surface area (TPSA) is 103 Å². The van der Waals surface area contributed by atoms with Crippen molar-refractivity contribution < 1.29 is 19.1 Å². The van der Waals surface area contributed by atoms with Crippen LogP contribution >= 0.6 is 0 Å². The van der Waals surface area contributed by atoms with E-state index < -0.39 is 23.6 Å². The molecule has 0 radical (unpaired) electrons. The average Bonchev–Trinajstić information content (AvgIpc) is 2.48. The lowest BCUT2D eigenvalue weighted by Gasteiger charge is -2.24. The van der Waals surface area contributed by atoms with Gasteiger partial charge in [-0.25, -0.2) is 10.6 Å². The first-order chi connectivity index (χ1) is 10.3. The minimum absolute atomic E-state index is 0.00697. The zero-order chi connectivity index (χ0) is 16.6. The van der Waals surface area contributed by atoms with Crippen LogP contribution in [0.15, 0.2) is 30.3 Å². The van der Waals surface area contributed by atoms with Crippen LogP contribution in [0.2, 0.25) is 0 Å². The molecule has 7 heteroatoms. The fourth-order valence-corrected chi connectivity index (χ4v) is 1.52. The summed E-state index contributed by atoms with van der Waals surface area (Å²) in [5, 5.41) is 2.43. The molecule has 0 aromatic heterocycles. The lowest BCUT2D eigenvalue weighted by atomic mass is 10.2. The van der Waals surface area contributed by atoms with Crippen molar-refractivity contribution in [2.45, 2.75) is 39.0 Å². The van der Waals surface area contributed by atoms with Gasteiger partial charge in [-0.05, 0) is 26.3 Å². The summed E-state index contributed by atoms with van der Waals surface area (Å²) in [6, 6.07) is 8.30. The van der Waals surface area contributed by atoms with E-state index in [9.17, 15) is 9.59 Å². The van der Waals surface area contributed by atoms with Crippen molar-refractivity contribution >= 4 is 12.0 Å². The summed E-state index contributed by atoms with van der Waals surface area (Å²) in [4.78, 5) is 23.4. The van der Waals surface area contributed by atoms with Gasteiger partial charge in [0.2, 0.25) is 0 Å². The Hall–Kier alpha value is -2.12. The average molecular weight is 309 g/mol. The third-order valence-corrected chi connectivity index (χ3v) is 2.65. The van der Waals surface area contributed by atoms with Gasteiger partial charge in [0, 0.05) is 0 Å². The van der Waals surface area contributed by atoms with Crippen LogP contribution in [-0.4, -0.2) is 30.3 Å². The number of benzene rings is 1. The third-order valence-electron chi connectivity index (χ3n) is 2.65. The number of alkyl carbamates (subject to hydrolysis) is 1. The van der Waals surface area contributed by atoms with Crippen molar-refractivity contribution in [2.75, 3.05) is 6.61 Å². The van der Waals surface area contributed by atoms with E-state index in [1.807, 2.05) is 56.5 Å². The van der Waals surface area contributed by atoms with Crippen molar-refractivity contribution in [1.29, 1.82) is 0 Å². The number of nitrogens with one attached hydrogen (secondary N) is 2. The van der Waals surface area contributed by atoms with E-state index in [1.54, 1.807) is 0 Å². The maximum Gasteiger partial charge on any atom is 0.408 e. The summed E-state index contributed by atoms with van der Waals surface area (Å²) in [6.07, 6.45) is -0.713. The minimum atomic E-state index is -0.924. The lowest BCUT2D eigenvalue weighted by Crippen LogP contribution is -2.52. The van der Waals surface area contributed by atoms with E-state index in [-0.39, 0.29) is 13.2 Å². The van der Waals surface area contributed by atoms with E-state index in [2.05, 4.69) is 5.32 Å². The maximum absolute atomic E-state index is 11.8. The zero-order valence-electron chi connectivity index (χ0n) is 13.1. The monoisotopic (exact) mass is 309 g/mol. The summed E-state index contributed by atoms with van der Waals surface area (Å²) >= 11 is 0. The van der Waals surface area contributed by atoms with E-state index in [1.165, 1.54) is 0 Å². The highest BCUT2D eigenvalue weighted by molar-refractivity contribution is 5.85. The van der Waals surface area contributed by atoms with Gasteiger partial charge in [-0.15, -0.1) is 0 Å². The second-order valence-corrected chi connectivity index (χ2v) is 5.69. The standard InChI is InChI=1S/C15H23N3O4/c1-15(2,3)22-10-12(13(19)18-16)17-14(20)21-9-11-7-5-4-6-8-11/h4-8,12H,9-10,16H2,1-3H3,(H,17,20)(H,18,19)/t12-/m1/s1. The molecule has 1 aromatic rings. The first-order valence-corrected chi connectivity index (χ1v) is 6.93. The molecule has 4 N–H and O–H groups in total. The first-order valence-electron chi connectivity index (χ1n) is 6.93. The molecule has 122 valence electrons. The fraction of sp³-hybridized carbons (Fsp3) is 0.467. The molecule has 0 unspecified atom stereocenters. The summed E-state index contributed by atoms with van der Waals surface area (Å²) in [5.41, 5.74) is 2.40. The summed E-state index contributed by atoms with van der Waals surface area (Å²) < 4.78 is 10.6. The number of nitrogens with two attached hydrogens (primary N) is 1. The lowest BCUT2D eigenvalue weighted by molar-refractivity contribution is -0.126. The number of hydrogen-bond donors (Lipinski definition) is 3. The minimum Gasteiger partial charge on any atom is -0.445 e. The molecule has 22 heavy (non-hydrogen) atoms. The second kappa shape index (κ2) is 8.35. The number of carbonyl (C=O) groups excluding carboxylic acids is 2. The summed E-state index contributed by atoms with van der Waals surface area (Å²) in [7, 11) is 0. The predicted molar refractivity (Wildman–Crippen MR) is 81.6 cm³/mol. The molecule has 0 aliphatic heterocycles. The van der Waals surface area contributed by atoms with Crippen molar-refractivity contribution in [3.8, 4) is 0 Å². The molecule has 0 bridgehead atoms. The van der Waals surface area contributed by atoms with Gasteiger partial charge in [-0.2, -0.15) is 0 Å². The molecule has 0 heterocycles. The molecule has 0 spiro atoms. The van der Waals surface area contributed by atoms with Gasteiger partial charge in [-0.3, -0.25) is 10.2 Å². The highest BCUT2D eigenvalue weighted by Gasteiger charge is 2.23. The van der Waals surface area contributed by atoms with Gasteiger partial charge < -0.3 is 14.8 Å². The van der Waals surface area contributed by atoms with Crippen LogP contribution in [0.5, 0.6) is 0 Å². The van der Waals surface area contributed by atoms with Crippen LogP contribution in [0.25, 0.3) is 0 Å². The molecule has 1 aromatic carbocycles. The van der Waals surface area contributed by atoms with E-state index in [0.29, 0.717) is 0 Å². The van der Waals surface area contributed by atoms with E-state index in [4.69, 9.17) is 15.3 Å². The Bertz CT molecular complexity index is 485. The van der Waals surface area contributed by atoms with Gasteiger partial charge in [0.1, 0.15) is 12.6 Å². The van der Waals surface area contributed by atoms with Gasteiger partial charge in [0.05, 0.1) is 12.2 Å². The number of hydrazine groups is 1. The normalized spacial score (nSPS) is 12.4. The van der Waals surface area contributed by atoms with Gasteiger partial charge >= 0.3 is 6.09 Å². The van der Waals surface area contributed by atoms with Crippen LogP contribution in [-0.2, 0) is 20.9 Å². The molecule has 0 saturated carbocycles. The Balaban J connectivity index is 2.50. The predicted octanol–water partition coefficient (Wildman–Crippen LogP) is 1.09. The van der Waals surface area contributed by atoms with Crippen molar-refractivity contribution in [3.05, 3.63) is 35.9 Å². The number of carbonyl (C=O) groups is 2. The van der Waals surface area contributed by atoms with Gasteiger partial charge in [0.25, 0.3) is 5.91 Å². The van der Waals surface area contributed by atoms with E-state index >= 15 is 0 Å². The highest BCUT2D eigenvalue weighted by Crippen LogP contribution is 2.07. The summed E-state index contributed by atoms with van der Waals surface area (Å²) in [6.45, 7) is 5.64. The van der Waals surface area contributed by atoms with Gasteiger partial charge in [-0.1, -0.05) is 30.3 Å². The molecular weight excluding hydrogens is 286 g/mol. The number of amides is 2. The SMILES string of the molecule is CC(C)(C)OC[C@@H](NC(=O)OCc1ccccc1)C(=O)NN. The molecule has 1 atom stereocenters. The fourth-order valence-electron chi connectivity index (χ4n) is 1.52. The smallest absolute Gasteiger partial charge is 0.408 e. The van der Waals surface area contributed by atoms with Crippen molar-refractivity contribution in [1.82, 2.24) is 10.7 Å². The zero-order valence-corrected chi connectivity index (χ0v) is 13.1. The van der Waals surface area contributed by atoms with Crippen LogP contribution < -0.4 is 16.6 Å². The molecule has 0 fully saturated rings. The Labute approximate surface area is 130 Å². The Morgan fingerprint density at radius 1 is 1.23 bits per heavy atom. The number of rotatable bonds is 6. The second-order valence-electron chi connectivity index (χ2n) is 5.69. The quantitative estimate of drug-likeness (QED) is 0.414. The Morgan fingerprint density at radius 2 is 1.86 bits per heavy atom. The molecule has 1 rings (SSSR count). The number of hydrogen-bond acceptors (Lipinski definition) is 5. The van der Waals surface area contributed by atoms with Crippen LogP contribution in [0.3, 0.4) is 0 Å². The first kappa shape index (κ1) is 17.9. The van der Waals surface area contributed by atoms with Crippen molar-refractivity contribution in [2.24, 2.45) is 5.84 Å². The number of ether oxygens (including phenoxy) is 2. The van der Waals surface area contributed by atoms with Gasteiger partial charge in [0.15, 0.2) is 0 Å². The molecule has 0 aliphatic carbocycles. The molecule has 0 saturated heterocycles. The van der Waals surface area contributed by atoms with Crippen LogP contribution in [0.1, 0.15) is 26.3 Å². The molecule has 2 amide bonds. The molecule has 0 aliphatic rings. The summed E-state index contributed by atoms with van der Waals surface area (Å²) in [5.74, 6) is 4.55. The third kappa shape index (κ3) is 7.05. The van der Waals surface area contributed by atoms with E-state index in [0.717, 1.165) is 5.56 Å². The van der Waals surface area contributed by atoms with Crippen LogP contribution in [0.4, 0.5) is 4.79 Å². The highest BCUT2D eigenvalue weighted by atomic mass is 16.5. The largest absolute Gasteiger partial charge is 0.445 e. The van der Waals surface area contributed by atoms with Crippen LogP contribution in [0, 0.1) is 0 Å². The van der Waals surface area contributed by atoms with Crippen molar-refractivity contribution in [3.63, 3.8) is 0 Å². The molecular formula is C15H23N3O4. The maximum atomic E-state index is 11.8.